The van der Waals surface area contributed by atoms with Crippen LogP contribution < -0.4 is 15.2 Å². The van der Waals surface area contributed by atoms with Crippen LogP contribution in [0.1, 0.15) is 26.3 Å². The monoisotopic (exact) mass is 301 g/mol. The predicted octanol–water partition coefficient (Wildman–Crippen LogP) is 2.58. The topological polar surface area (TPSA) is 78.6 Å². The molecule has 0 heterocycles. The quantitative estimate of drug-likeness (QED) is 0.693. The second-order valence-corrected chi connectivity index (χ2v) is 5.27. The first-order valence-electron chi connectivity index (χ1n) is 7.05. The summed E-state index contributed by atoms with van der Waals surface area (Å²) in [6.07, 6.45) is 0.620. The van der Waals surface area contributed by atoms with E-state index in [-0.39, 0.29) is 6.04 Å². The van der Waals surface area contributed by atoms with Gasteiger partial charge in [0.2, 0.25) is 0 Å². The highest BCUT2D eigenvalue weighted by atomic mass is 16.5. The Balaban J connectivity index is 2.69. The molecule has 5 heteroatoms. The molecule has 5 nitrogen and oxygen atoms in total. The molecular formula is C17H19NO4. The summed E-state index contributed by atoms with van der Waals surface area (Å²) in [5.41, 5.74) is 6.83. The van der Waals surface area contributed by atoms with Crippen LogP contribution in [0, 0.1) is 0 Å². The van der Waals surface area contributed by atoms with E-state index in [0.717, 1.165) is 10.9 Å². The molecule has 1 atom stereocenters. The van der Waals surface area contributed by atoms with Gasteiger partial charge in [-0.2, -0.15) is 0 Å². The molecule has 0 spiro atoms. The molecule has 0 aliphatic carbocycles. The van der Waals surface area contributed by atoms with Crippen molar-refractivity contribution < 1.29 is 19.1 Å². The summed E-state index contributed by atoms with van der Waals surface area (Å²) in [5.74, 6) is 0.0656. The number of ether oxygens (including phenoxy) is 2. The van der Waals surface area contributed by atoms with Crippen molar-refractivity contribution in [2.75, 3.05) is 0 Å². The first-order chi connectivity index (χ1) is 10.4. The Labute approximate surface area is 129 Å². The van der Waals surface area contributed by atoms with Crippen LogP contribution in [0.3, 0.4) is 0 Å². The third kappa shape index (κ3) is 3.62. The smallest absolute Gasteiger partial charge is 0.308 e. The molecule has 0 radical (unpaired) electrons. The molecule has 2 rings (SSSR count). The Morgan fingerprint density at radius 1 is 1.05 bits per heavy atom. The molecule has 2 aromatic carbocycles. The minimum absolute atomic E-state index is 0.0480. The van der Waals surface area contributed by atoms with Crippen LogP contribution in [0.15, 0.2) is 30.3 Å². The van der Waals surface area contributed by atoms with Crippen LogP contribution in [-0.2, 0) is 16.0 Å². The van der Waals surface area contributed by atoms with Crippen molar-refractivity contribution in [1.82, 2.24) is 0 Å². The van der Waals surface area contributed by atoms with Crippen LogP contribution in [0.4, 0.5) is 0 Å². The first-order valence-corrected chi connectivity index (χ1v) is 7.05. The summed E-state index contributed by atoms with van der Waals surface area (Å²) < 4.78 is 10.5. The molecule has 0 fully saturated rings. The molecule has 2 aromatic rings. The molecule has 0 saturated heterocycles. The maximum atomic E-state index is 11.3. The minimum atomic E-state index is -0.405. The lowest BCUT2D eigenvalue weighted by Gasteiger charge is -2.15. The maximum Gasteiger partial charge on any atom is 0.308 e. The summed E-state index contributed by atoms with van der Waals surface area (Å²) in [6, 6.07) is 8.82. The molecule has 0 saturated carbocycles. The SMILES string of the molecule is CC(=O)Oc1ccc(CC(C)N)c2c(OC(C)=O)cccc12. The number of hydrogen-bond acceptors (Lipinski definition) is 5. The molecule has 116 valence electrons. The van der Waals surface area contributed by atoms with Gasteiger partial charge in [0, 0.05) is 30.7 Å². The van der Waals surface area contributed by atoms with Crippen molar-refractivity contribution in [2.45, 2.75) is 33.2 Å². The van der Waals surface area contributed by atoms with Gasteiger partial charge in [-0.05, 0) is 31.0 Å². The van der Waals surface area contributed by atoms with Crippen LogP contribution >= 0.6 is 0 Å². The summed E-state index contributed by atoms with van der Waals surface area (Å²) in [6.45, 7) is 4.60. The van der Waals surface area contributed by atoms with E-state index >= 15 is 0 Å². The second kappa shape index (κ2) is 6.58. The standard InChI is InChI=1S/C17H19NO4/c1-10(18)9-13-7-8-15(21-11(2)19)14-5-4-6-16(17(13)14)22-12(3)20/h4-8,10H,9,18H2,1-3H3. The van der Waals surface area contributed by atoms with Crippen LogP contribution in [0.25, 0.3) is 10.8 Å². The van der Waals surface area contributed by atoms with E-state index < -0.39 is 11.9 Å². The van der Waals surface area contributed by atoms with Crippen LogP contribution in [-0.4, -0.2) is 18.0 Å². The Hall–Kier alpha value is -2.40. The van der Waals surface area contributed by atoms with Gasteiger partial charge in [-0.3, -0.25) is 9.59 Å². The third-order valence-electron chi connectivity index (χ3n) is 3.10. The van der Waals surface area contributed by atoms with E-state index in [4.69, 9.17) is 15.2 Å². The van der Waals surface area contributed by atoms with Gasteiger partial charge < -0.3 is 15.2 Å². The number of esters is 2. The van der Waals surface area contributed by atoms with E-state index in [1.807, 2.05) is 19.1 Å². The summed E-state index contributed by atoms with van der Waals surface area (Å²) in [4.78, 5) is 22.6. The van der Waals surface area contributed by atoms with E-state index in [0.29, 0.717) is 23.3 Å². The number of hydrogen-bond donors (Lipinski definition) is 1. The van der Waals surface area contributed by atoms with Gasteiger partial charge in [0.1, 0.15) is 11.5 Å². The lowest BCUT2D eigenvalue weighted by Crippen LogP contribution is -2.18. The van der Waals surface area contributed by atoms with Crippen molar-refractivity contribution in [3.8, 4) is 11.5 Å². The average molecular weight is 301 g/mol. The highest BCUT2D eigenvalue weighted by molar-refractivity contribution is 5.98. The lowest BCUT2D eigenvalue weighted by atomic mass is 9.98. The molecule has 0 aromatic heterocycles. The number of benzene rings is 2. The fourth-order valence-corrected chi connectivity index (χ4v) is 2.42. The van der Waals surface area contributed by atoms with E-state index in [2.05, 4.69) is 0 Å². The molecule has 1 unspecified atom stereocenters. The Bertz CT molecular complexity index is 722. The number of carbonyl (C=O) groups is 2. The summed E-state index contributed by atoms with van der Waals surface area (Å²) >= 11 is 0. The highest BCUT2D eigenvalue weighted by Crippen LogP contribution is 2.36. The molecule has 22 heavy (non-hydrogen) atoms. The third-order valence-corrected chi connectivity index (χ3v) is 3.10. The number of rotatable bonds is 4. The highest BCUT2D eigenvalue weighted by Gasteiger charge is 2.15. The molecule has 2 N–H and O–H groups in total. The normalized spacial score (nSPS) is 12.0. The zero-order chi connectivity index (χ0) is 16.3. The molecule has 0 aliphatic heterocycles. The molecular weight excluding hydrogens is 282 g/mol. The van der Waals surface area contributed by atoms with Gasteiger partial charge in [-0.15, -0.1) is 0 Å². The minimum Gasteiger partial charge on any atom is -0.426 e. The van der Waals surface area contributed by atoms with Crippen molar-refractivity contribution in [3.63, 3.8) is 0 Å². The Morgan fingerprint density at radius 3 is 2.27 bits per heavy atom. The second-order valence-electron chi connectivity index (χ2n) is 5.27. The average Bonchev–Trinajstić information content (AvgIpc) is 2.40. The van der Waals surface area contributed by atoms with Gasteiger partial charge >= 0.3 is 11.9 Å². The van der Waals surface area contributed by atoms with Crippen molar-refractivity contribution >= 4 is 22.7 Å². The largest absolute Gasteiger partial charge is 0.426 e. The lowest BCUT2D eigenvalue weighted by molar-refractivity contribution is -0.132. The Morgan fingerprint density at radius 2 is 1.68 bits per heavy atom. The van der Waals surface area contributed by atoms with E-state index in [1.54, 1.807) is 18.2 Å². The zero-order valence-electron chi connectivity index (χ0n) is 12.9. The predicted molar refractivity (Wildman–Crippen MR) is 83.9 cm³/mol. The fraction of sp³-hybridized carbons (Fsp3) is 0.294. The van der Waals surface area contributed by atoms with Crippen molar-refractivity contribution in [3.05, 3.63) is 35.9 Å². The molecule has 0 bridgehead atoms. The molecule has 0 aliphatic rings. The Kier molecular flexibility index (Phi) is 4.78. The van der Waals surface area contributed by atoms with Crippen LogP contribution in [0.5, 0.6) is 11.5 Å². The van der Waals surface area contributed by atoms with Crippen molar-refractivity contribution in [1.29, 1.82) is 0 Å². The number of fused-ring (bicyclic) bond motifs is 1. The number of carbonyl (C=O) groups excluding carboxylic acids is 2. The van der Waals surface area contributed by atoms with E-state index in [9.17, 15) is 9.59 Å². The zero-order valence-corrected chi connectivity index (χ0v) is 12.9. The van der Waals surface area contributed by atoms with Gasteiger partial charge in [-0.1, -0.05) is 18.2 Å². The van der Waals surface area contributed by atoms with Gasteiger partial charge in [0.15, 0.2) is 0 Å². The first kappa shape index (κ1) is 16.0. The van der Waals surface area contributed by atoms with Crippen molar-refractivity contribution in [2.24, 2.45) is 5.73 Å². The summed E-state index contributed by atoms with van der Waals surface area (Å²) in [5, 5.41) is 1.46. The van der Waals surface area contributed by atoms with Gasteiger partial charge in [-0.25, -0.2) is 0 Å². The summed E-state index contributed by atoms with van der Waals surface area (Å²) in [7, 11) is 0. The fourth-order valence-electron chi connectivity index (χ4n) is 2.42. The maximum absolute atomic E-state index is 11.3. The van der Waals surface area contributed by atoms with E-state index in [1.165, 1.54) is 13.8 Å². The van der Waals surface area contributed by atoms with Crippen LogP contribution in [0.2, 0.25) is 0 Å². The molecule has 0 amide bonds. The number of nitrogens with two attached hydrogens (primary N) is 1. The van der Waals surface area contributed by atoms with Gasteiger partial charge in [0.25, 0.3) is 0 Å². The van der Waals surface area contributed by atoms with Gasteiger partial charge in [0.05, 0.1) is 0 Å².